The van der Waals surface area contributed by atoms with Crippen molar-refractivity contribution in [2.75, 3.05) is 6.54 Å². The van der Waals surface area contributed by atoms with Gasteiger partial charge in [-0.05, 0) is 19.3 Å². The maximum Gasteiger partial charge on any atom is 0.307 e. The third-order valence-electron chi connectivity index (χ3n) is 4.41. The summed E-state index contributed by atoms with van der Waals surface area (Å²) in [5.41, 5.74) is -1.82. The van der Waals surface area contributed by atoms with E-state index in [0.29, 0.717) is 0 Å². The number of piperazine rings is 1. The minimum Gasteiger partial charge on any atom is -0.481 e. The molecule has 0 spiro atoms. The number of nitrogens with one attached hydrogen (secondary N) is 1. The fourth-order valence-electron chi connectivity index (χ4n) is 2.86. The summed E-state index contributed by atoms with van der Waals surface area (Å²) in [5.74, 6) is -4.04. The van der Waals surface area contributed by atoms with E-state index >= 15 is 0 Å². The van der Waals surface area contributed by atoms with Gasteiger partial charge in [0.15, 0.2) is 0 Å². The monoisotopic (exact) mass is 282 g/mol. The van der Waals surface area contributed by atoms with Crippen LogP contribution < -0.4 is 5.32 Å². The molecule has 1 heterocycles. The molecular formula is C13H18N2O5. The number of amides is 3. The van der Waals surface area contributed by atoms with Gasteiger partial charge in [0.1, 0.15) is 12.1 Å². The molecule has 0 aromatic rings. The molecule has 0 aromatic heterocycles. The number of carbonyl (C=O) groups excluding carboxylic acids is 3. The molecule has 1 saturated carbocycles. The van der Waals surface area contributed by atoms with Gasteiger partial charge in [-0.2, -0.15) is 0 Å². The van der Waals surface area contributed by atoms with Gasteiger partial charge in [-0.1, -0.05) is 13.8 Å². The maximum atomic E-state index is 12.5. The Kier molecular flexibility index (Phi) is 2.92. The zero-order valence-electron chi connectivity index (χ0n) is 11.9. The summed E-state index contributed by atoms with van der Waals surface area (Å²) in [7, 11) is 0. The van der Waals surface area contributed by atoms with Gasteiger partial charge in [0.05, 0.1) is 11.8 Å². The molecule has 2 rings (SSSR count). The first-order valence-corrected chi connectivity index (χ1v) is 6.40. The molecule has 1 aliphatic carbocycles. The molecule has 7 nitrogen and oxygen atoms in total. The predicted molar refractivity (Wildman–Crippen MR) is 67.3 cm³/mol. The van der Waals surface area contributed by atoms with Gasteiger partial charge in [-0.15, -0.1) is 0 Å². The lowest BCUT2D eigenvalue weighted by atomic mass is 9.97. The molecule has 2 unspecified atom stereocenters. The highest BCUT2D eigenvalue weighted by molar-refractivity contribution is 6.07. The van der Waals surface area contributed by atoms with E-state index in [4.69, 9.17) is 5.11 Å². The van der Waals surface area contributed by atoms with E-state index in [0.717, 1.165) is 0 Å². The van der Waals surface area contributed by atoms with E-state index in [2.05, 4.69) is 5.32 Å². The molecule has 2 atom stereocenters. The molecule has 20 heavy (non-hydrogen) atoms. The second-order valence-corrected chi connectivity index (χ2v) is 6.48. The topological polar surface area (TPSA) is 104 Å². The smallest absolute Gasteiger partial charge is 0.307 e. The van der Waals surface area contributed by atoms with Crippen LogP contribution in [0.1, 0.15) is 27.7 Å². The Morgan fingerprint density at radius 1 is 1.20 bits per heavy atom. The van der Waals surface area contributed by atoms with Crippen LogP contribution in [0.15, 0.2) is 0 Å². The number of aliphatic carboxylic acids is 1. The van der Waals surface area contributed by atoms with Crippen molar-refractivity contribution in [3.05, 3.63) is 0 Å². The Labute approximate surface area is 116 Å². The molecule has 3 amide bonds. The fraction of sp³-hybridized carbons (Fsp3) is 0.692. The third-order valence-corrected chi connectivity index (χ3v) is 4.41. The summed E-state index contributed by atoms with van der Waals surface area (Å²) in [6, 6.07) is 0. The number of carboxylic acids is 1. The van der Waals surface area contributed by atoms with Gasteiger partial charge in [-0.25, -0.2) is 0 Å². The molecule has 7 heteroatoms. The van der Waals surface area contributed by atoms with Gasteiger partial charge in [0.2, 0.25) is 11.8 Å². The lowest BCUT2D eigenvalue weighted by Crippen LogP contribution is -2.66. The lowest BCUT2D eigenvalue weighted by Gasteiger charge is -2.40. The van der Waals surface area contributed by atoms with Crippen LogP contribution in [0.4, 0.5) is 0 Å². The normalized spacial score (nSPS) is 30.7. The van der Waals surface area contributed by atoms with Crippen molar-refractivity contribution in [3.8, 4) is 0 Å². The molecule has 0 radical (unpaired) electrons. The molecule has 2 fully saturated rings. The van der Waals surface area contributed by atoms with Crippen LogP contribution in [-0.4, -0.2) is 45.8 Å². The van der Waals surface area contributed by atoms with E-state index in [1.54, 1.807) is 13.8 Å². The second-order valence-electron chi connectivity index (χ2n) is 6.48. The van der Waals surface area contributed by atoms with Gasteiger partial charge in [-0.3, -0.25) is 24.5 Å². The van der Waals surface area contributed by atoms with Crippen molar-refractivity contribution in [3.63, 3.8) is 0 Å². The van der Waals surface area contributed by atoms with Gasteiger partial charge in [0.25, 0.3) is 5.91 Å². The van der Waals surface area contributed by atoms with Crippen molar-refractivity contribution in [2.24, 2.45) is 17.3 Å². The number of hydrogen-bond acceptors (Lipinski definition) is 4. The number of imide groups is 1. The van der Waals surface area contributed by atoms with E-state index in [1.165, 1.54) is 18.7 Å². The van der Waals surface area contributed by atoms with Crippen molar-refractivity contribution < 1.29 is 24.3 Å². The van der Waals surface area contributed by atoms with E-state index in [-0.39, 0.29) is 6.54 Å². The van der Waals surface area contributed by atoms with Crippen LogP contribution in [0, 0.1) is 17.3 Å². The summed E-state index contributed by atoms with van der Waals surface area (Å²) in [6.45, 7) is 6.26. The van der Waals surface area contributed by atoms with E-state index in [1.807, 2.05) is 0 Å². The second kappa shape index (κ2) is 4.04. The van der Waals surface area contributed by atoms with Gasteiger partial charge >= 0.3 is 5.97 Å². The van der Waals surface area contributed by atoms with Crippen molar-refractivity contribution >= 4 is 23.7 Å². The fourth-order valence-corrected chi connectivity index (χ4v) is 2.86. The largest absolute Gasteiger partial charge is 0.481 e. The Balaban J connectivity index is 2.27. The maximum absolute atomic E-state index is 12.5. The molecule has 0 aromatic carbocycles. The average Bonchev–Trinajstić information content (AvgIpc) is 2.86. The first-order chi connectivity index (χ1) is 9.01. The van der Waals surface area contributed by atoms with Gasteiger partial charge in [0, 0.05) is 0 Å². The summed E-state index contributed by atoms with van der Waals surface area (Å²) in [4.78, 5) is 48.1. The van der Waals surface area contributed by atoms with E-state index in [9.17, 15) is 19.2 Å². The molecule has 2 N–H and O–H groups in total. The highest BCUT2D eigenvalue weighted by Gasteiger charge is 2.67. The Hall–Kier alpha value is -1.92. The third kappa shape index (κ3) is 1.88. The Bertz CT molecular complexity index is 523. The number of carboxylic acid groups (broad SMARTS) is 1. The lowest BCUT2D eigenvalue weighted by molar-refractivity contribution is -0.157. The Morgan fingerprint density at radius 3 is 2.20 bits per heavy atom. The molecule has 1 aliphatic heterocycles. The van der Waals surface area contributed by atoms with Crippen LogP contribution in [0.25, 0.3) is 0 Å². The SMILES string of the molecule is CC1(C)C(C(=O)O)C1C(=O)N1CC(=O)NC(=O)C1(C)C. The van der Waals surface area contributed by atoms with Crippen molar-refractivity contribution in [2.45, 2.75) is 33.2 Å². The molecule has 0 bridgehead atoms. The van der Waals surface area contributed by atoms with Crippen molar-refractivity contribution in [1.29, 1.82) is 0 Å². The van der Waals surface area contributed by atoms with Crippen molar-refractivity contribution in [1.82, 2.24) is 10.2 Å². The summed E-state index contributed by atoms with van der Waals surface area (Å²) in [6.07, 6.45) is 0. The summed E-state index contributed by atoms with van der Waals surface area (Å²) < 4.78 is 0. The van der Waals surface area contributed by atoms with Crippen LogP contribution in [0.3, 0.4) is 0 Å². The van der Waals surface area contributed by atoms with Crippen LogP contribution >= 0.6 is 0 Å². The number of rotatable bonds is 2. The standard InChI is InChI=1S/C13H18N2O5/c1-12(2)7(8(12)10(18)19)9(17)15-5-6(16)14-11(20)13(15,3)4/h7-8H,5H2,1-4H3,(H,18,19)(H,14,16,20). The Morgan fingerprint density at radius 2 is 1.75 bits per heavy atom. The zero-order valence-corrected chi connectivity index (χ0v) is 11.9. The summed E-state index contributed by atoms with van der Waals surface area (Å²) in [5, 5.41) is 11.3. The first-order valence-electron chi connectivity index (χ1n) is 6.40. The zero-order chi connectivity index (χ0) is 15.5. The van der Waals surface area contributed by atoms with Crippen LogP contribution in [0.2, 0.25) is 0 Å². The molecular weight excluding hydrogens is 264 g/mol. The molecule has 2 aliphatic rings. The minimum atomic E-state index is -1.16. The van der Waals surface area contributed by atoms with Crippen LogP contribution in [-0.2, 0) is 19.2 Å². The highest BCUT2D eigenvalue weighted by atomic mass is 16.4. The highest BCUT2D eigenvalue weighted by Crippen LogP contribution is 2.59. The molecule has 110 valence electrons. The molecule has 1 saturated heterocycles. The number of nitrogens with zero attached hydrogens (tertiary/aromatic N) is 1. The number of carbonyl (C=O) groups is 4. The van der Waals surface area contributed by atoms with Gasteiger partial charge < -0.3 is 10.0 Å². The number of hydrogen-bond donors (Lipinski definition) is 2. The van der Waals surface area contributed by atoms with Crippen LogP contribution in [0.5, 0.6) is 0 Å². The average molecular weight is 282 g/mol. The van der Waals surface area contributed by atoms with E-state index < -0.39 is 46.5 Å². The quantitative estimate of drug-likeness (QED) is 0.671. The first kappa shape index (κ1) is 14.5. The minimum absolute atomic E-state index is 0.226. The summed E-state index contributed by atoms with van der Waals surface area (Å²) >= 11 is 0. The predicted octanol–water partition coefficient (Wildman–Crippen LogP) is -0.393.